The minimum atomic E-state index is -0.572. The molecule has 0 fully saturated rings. The number of nitriles is 1. The fourth-order valence-corrected chi connectivity index (χ4v) is 3.69. The van der Waals surface area contributed by atoms with Gasteiger partial charge in [0.05, 0.1) is 22.0 Å². The van der Waals surface area contributed by atoms with Crippen LogP contribution in [0.2, 0.25) is 10.0 Å². The second-order valence-electron chi connectivity index (χ2n) is 6.39. The number of hydrogen-bond acceptors (Lipinski definition) is 3. The molecule has 0 saturated carbocycles. The molecular weight excluding hydrogens is 475 g/mol. The van der Waals surface area contributed by atoms with E-state index in [9.17, 15) is 15.2 Å². The van der Waals surface area contributed by atoms with Gasteiger partial charge in [-0.05, 0) is 69.9 Å². The van der Waals surface area contributed by atoms with Crippen molar-refractivity contribution in [3.05, 3.63) is 91.4 Å². The maximum Gasteiger partial charge on any atom is 0.259 e. The molecule has 0 aromatic heterocycles. The van der Waals surface area contributed by atoms with Crippen molar-refractivity contribution in [1.29, 1.82) is 5.26 Å². The molecule has 4 nitrogen and oxygen atoms in total. The number of benzene rings is 3. The number of hydrogen-bond donors (Lipinski definition) is 2. The number of carbonyl (C=O) groups excluding carboxylic acids is 1. The van der Waals surface area contributed by atoms with Crippen molar-refractivity contribution >= 4 is 50.7 Å². The van der Waals surface area contributed by atoms with Crippen LogP contribution in [0.15, 0.2) is 59.1 Å². The zero-order valence-corrected chi connectivity index (χ0v) is 18.3. The number of aromatic hydroxyl groups is 1. The Bertz CT molecular complexity index is 1120. The number of carbonyl (C=O) groups is 1. The zero-order valence-electron chi connectivity index (χ0n) is 15.2. The fraction of sp³-hybridized carbons (Fsp3) is 0.0909. The lowest BCUT2D eigenvalue weighted by Gasteiger charge is -2.16. The van der Waals surface area contributed by atoms with Gasteiger partial charge in [-0.3, -0.25) is 4.79 Å². The lowest BCUT2D eigenvalue weighted by Crippen LogP contribution is -2.13. The molecule has 1 unspecified atom stereocenters. The fourth-order valence-electron chi connectivity index (χ4n) is 2.93. The van der Waals surface area contributed by atoms with E-state index in [1.165, 1.54) is 6.07 Å². The molecule has 0 saturated heterocycles. The van der Waals surface area contributed by atoms with Crippen LogP contribution in [0.1, 0.15) is 33.0 Å². The maximum atomic E-state index is 12.6. The van der Waals surface area contributed by atoms with Crippen molar-refractivity contribution in [2.45, 2.75) is 12.8 Å². The first kappa shape index (κ1) is 21.2. The summed E-state index contributed by atoms with van der Waals surface area (Å²) in [5.41, 5.74) is 2.78. The van der Waals surface area contributed by atoms with Gasteiger partial charge in [-0.2, -0.15) is 5.26 Å². The topological polar surface area (TPSA) is 73.1 Å². The number of rotatable bonds is 4. The molecule has 0 spiro atoms. The van der Waals surface area contributed by atoms with Gasteiger partial charge in [0.2, 0.25) is 0 Å². The molecule has 7 heteroatoms. The quantitative estimate of drug-likeness (QED) is 0.429. The van der Waals surface area contributed by atoms with E-state index >= 15 is 0 Å². The first-order chi connectivity index (χ1) is 13.8. The SMILES string of the molecule is Cc1cc(C(C#N)c2ccc(Cl)cc2)c(Cl)cc1NC(=O)c1cccc(Br)c1O. The van der Waals surface area contributed by atoms with Crippen molar-refractivity contribution in [2.75, 3.05) is 5.32 Å². The number of phenolic OH excluding ortho intramolecular Hbond substituents is 1. The highest BCUT2D eigenvalue weighted by Crippen LogP contribution is 2.35. The molecule has 0 aliphatic rings. The average Bonchev–Trinajstić information content (AvgIpc) is 2.69. The van der Waals surface area contributed by atoms with E-state index in [1.54, 1.807) is 48.5 Å². The van der Waals surface area contributed by atoms with E-state index in [2.05, 4.69) is 27.3 Å². The number of amides is 1. The number of nitrogens with one attached hydrogen (secondary N) is 1. The van der Waals surface area contributed by atoms with Gasteiger partial charge in [-0.1, -0.05) is 47.5 Å². The first-order valence-corrected chi connectivity index (χ1v) is 10.1. The third-order valence-electron chi connectivity index (χ3n) is 4.47. The van der Waals surface area contributed by atoms with Crippen LogP contribution < -0.4 is 5.32 Å². The summed E-state index contributed by atoms with van der Waals surface area (Å²) < 4.78 is 0.426. The number of aryl methyl sites for hydroxylation is 1. The Morgan fingerprint density at radius 2 is 1.86 bits per heavy atom. The summed E-state index contributed by atoms with van der Waals surface area (Å²) in [5.74, 6) is -1.18. The van der Waals surface area contributed by atoms with Gasteiger partial charge >= 0.3 is 0 Å². The molecule has 3 aromatic carbocycles. The van der Waals surface area contributed by atoms with Crippen LogP contribution in [-0.4, -0.2) is 11.0 Å². The predicted molar refractivity (Wildman–Crippen MR) is 119 cm³/mol. The highest BCUT2D eigenvalue weighted by molar-refractivity contribution is 9.10. The van der Waals surface area contributed by atoms with Gasteiger partial charge in [0, 0.05) is 15.7 Å². The second-order valence-corrected chi connectivity index (χ2v) is 8.09. The van der Waals surface area contributed by atoms with Crippen LogP contribution in [0.25, 0.3) is 0 Å². The van der Waals surface area contributed by atoms with Crippen molar-refractivity contribution in [2.24, 2.45) is 0 Å². The molecule has 0 aliphatic carbocycles. The standard InChI is InChI=1S/C22H15BrCl2N2O2/c1-12-9-16(17(11-26)13-5-7-14(24)8-6-13)19(25)10-20(12)27-22(29)15-3-2-4-18(23)21(15)28/h2-10,17,28H,1H3,(H,27,29). The van der Waals surface area contributed by atoms with Crippen LogP contribution in [0, 0.1) is 18.3 Å². The van der Waals surface area contributed by atoms with E-state index in [1.807, 2.05) is 6.92 Å². The van der Waals surface area contributed by atoms with Crippen LogP contribution >= 0.6 is 39.1 Å². The van der Waals surface area contributed by atoms with Gasteiger partial charge in [0.15, 0.2) is 0 Å². The number of para-hydroxylation sites is 1. The first-order valence-electron chi connectivity index (χ1n) is 8.55. The van der Waals surface area contributed by atoms with E-state index in [0.29, 0.717) is 25.8 Å². The molecule has 0 aliphatic heterocycles. The molecule has 1 atom stereocenters. The smallest absolute Gasteiger partial charge is 0.259 e. The minimum absolute atomic E-state index is 0.134. The lowest BCUT2D eigenvalue weighted by atomic mass is 9.91. The third kappa shape index (κ3) is 4.56. The van der Waals surface area contributed by atoms with Gasteiger partial charge in [-0.25, -0.2) is 0 Å². The number of nitrogens with zero attached hydrogens (tertiary/aromatic N) is 1. The summed E-state index contributed by atoms with van der Waals surface area (Å²) in [6.07, 6.45) is 0. The van der Waals surface area contributed by atoms with Crippen LogP contribution in [0.4, 0.5) is 5.69 Å². The molecule has 1 amide bonds. The summed E-state index contributed by atoms with van der Waals surface area (Å²) in [5, 5.41) is 23.5. The van der Waals surface area contributed by atoms with Gasteiger partial charge < -0.3 is 10.4 Å². The Balaban J connectivity index is 1.93. The van der Waals surface area contributed by atoms with Crippen LogP contribution in [-0.2, 0) is 0 Å². The van der Waals surface area contributed by atoms with Crippen LogP contribution in [0.5, 0.6) is 5.75 Å². The van der Waals surface area contributed by atoms with Gasteiger partial charge in [0.25, 0.3) is 5.91 Å². The molecule has 146 valence electrons. The third-order valence-corrected chi connectivity index (χ3v) is 5.69. The second kappa shape index (κ2) is 8.87. The summed E-state index contributed by atoms with van der Waals surface area (Å²) in [4.78, 5) is 12.6. The maximum absolute atomic E-state index is 12.6. The molecule has 2 N–H and O–H groups in total. The van der Waals surface area contributed by atoms with Crippen molar-refractivity contribution in [3.8, 4) is 11.8 Å². The summed E-state index contributed by atoms with van der Waals surface area (Å²) in [6.45, 7) is 1.81. The zero-order chi connectivity index (χ0) is 21.1. The summed E-state index contributed by atoms with van der Waals surface area (Å²) in [7, 11) is 0. The Kier molecular flexibility index (Phi) is 6.49. The average molecular weight is 490 g/mol. The van der Waals surface area contributed by atoms with Gasteiger partial charge in [0.1, 0.15) is 5.75 Å². The van der Waals surface area contributed by atoms with Crippen LogP contribution in [0.3, 0.4) is 0 Å². The highest BCUT2D eigenvalue weighted by atomic mass is 79.9. The lowest BCUT2D eigenvalue weighted by molar-refractivity contribution is 0.102. The molecule has 0 radical (unpaired) electrons. The molecule has 3 aromatic rings. The highest BCUT2D eigenvalue weighted by Gasteiger charge is 2.20. The number of halogens is 3. The molecule has 0 heterocycles. The number of anilines is 1. The molecule has 29 heavy (non-hydrogen) atoms. The normalized spacial score (nSPS) is 11.6. The van der Waals surface area contributed by atoms with Crippen molar-refractivity contribution < 1.29 is 9.90 Å². The molecule has 0 bridgehead atoms. The summed E-state index contributed by atoms with van der Waals surface area (Å²) >= 11 is 15.6. The predicted octanol–water partition coefficient (Wildman–Crippen LogP) is 6.68. The Morgan fingerprint density at radius 3 is 2.52 bits per heavy atom. The van der Waals surface area contributed by atoms with E-state index in [4.69, 9.17) is 23.2 Å². The molecular formula is C22H15BrCl2N2O2. The Hall–Kier alpha value is -2.52. The Labute approximate surface area is 186 Å². The minimum Gasteiger partial charge on any atom is -0.506 e. The van der Waals surface area contributed by atoms with E-state index < -0.39 is 11.8 Å². The Morgan fingerprint density at radius 1 is 1.17 bits per heavy atom. The summed E-state index contributed by atoms with van der Waals surface area (Å²) in [6, 6.07) is 17.5. The van der Waals surface area contributed by atoms with E-state index in [-0.39, 0.29) is 11.3 Å². The van der Waals surface area contributed by atoms with Gasteiger partial charge in [-0.15, -0.1) is 0 Å². The molecule has 3 rings (SSSR count). The largest absolute Gasteiger partial charge is 0.506 e. The number of phenols is 1. The van der Waals surface area contributed by atoms with Crippen molar-refractivity contribution in [1.82, 2.24) is 0 Å². The monoisotopic (exact) mass is 488 g/mol. The van der Waals surface area contributed by atoms with Crippen molar-refractivity contribution in [3.63, 3.8) is 0 Å². The van der Waals surface area contributed by atoms with E-state index in [0.717, 1.165) is 11.1 Å².